The van der Waals surface area contributed by atoms with Gasteiger partial charge in [-0.3, -0.25) is 0 Å². The van der Waals surface area contributed by atoms with E-state index < -0.39 is 5.60 Å². The molecule has 0 aromatic heterocycles. The lowest BCUT2D eigenvalue weighted by atomic mass is 10.00. The van der Waals surface area contributed by atoms with Crippen molar-refractivity contribution in [2.75, 3.05) is 0 Å². The van der Waals surface area contributed by atoms with Crippen LogP contribution in [0.25, 0.3) is 0 Å². The van der Waals surface area contributed by atoms with E-state index >= 15 is 0 Å². The molecule has 0 saturated carbocycles. The van der Waals surface area contributed by atoms with Crippen molar-refractivity contribution >= 4 is 0 Å². The molecule has 0 rings (SSSR count). The fraction of sp³-hybridized carbons (Fsp3) is 1.00. The Morgan fingerprint density at radius 1 is 0.900 bits per heavy atom. The summed E-state index contributed by atoms with van der Waals surface area (Å²) in [6.07, 6.45) is 2.46. The zero-order chi connectivity index (χ0) is 16.3. The van der Waals surface area contributed by atoms with Crippen molar-refractivity contribution < 1.29 is 20.4 Å². The Bertz CT molecular complexity index is 199. The topological polar surface area (TPSA) is 80.9 Å². The van der Waals surface area contributed by atoms with Gasteiger partial charge in [0.2, 0.25) is 0 Å². The Balaban J connectivity index is 0. The molecule has 3 unspecified atom stereocenters. The number of aliphatic hydroxyl groups excluding tert-OH is 3. The third kappa shape index (κ3) is 20.2. The van der Waals surface area contributed by atoms with Crippen LogP contribution in [0.3, 0.4) is 0 Å². The molecule has 0 radical (unpaired) electrons. The Kier molecular flexibility index (Phi) is 12.7. The molecule has 124 valence electrons. The van der Waals surface area contributed by atoms with Gasteiger partial charge in [-0.15, -0.1) is 0 Å². The summed E-state index contributed by atoms with van der Waals surface area (Å²) in [6.45, 7) is 11.3. The van der Waals surface area contributed by atoms with Crippen molar-refractivity contribution in [1.29, 1.82) is 0 Å². The summed E-state index contributed by atoms with van der Waals surface area (Å²) in [5, 5.41) is 36.5. The molecule has 20 heavy (non-hydrogen) atoms. The van der Waals surface area contributed by atoms with E-state index in [2.05, 4.69) is 13.8 Å². The van der Waals surface area contributed by atoms with Crippen molar-refractivity contribution in [2.45, 2.75) is 97.6 Å². The Morgan fingerprint density at radius 3 is 1.70 bits per heavy atom. The molecule has 0 spiro atoms. The first-order valence-electron chi connectivity index (χ1n) is 7.74. The van der Waals surface area contributed by atoms with Gasteiger partial charge in [-0.2, -0.15) is 0 Å². The molecule has 0 aliphatic carbocycles. The second-order valence-corrected chi connectivity index (χ2v) is 6.78. The summed E-state index contributed by atoms with van der Waals surface area (Å²) >= 11 is 0. The monoisotopic (exact) mass is 292 g/mol. The lowest BCUT2D eigenvalue weighted by Gasteiger charge is -2.18. The first-order chi connectivity index (χ1) is 8.97. The van der Waals surface area contributed by atoms with E-state index in [0.29, 0.717) is 25.2 Å². The van der Waals surface area contributed by atoms with Crippen molar-refractivity contribution in [3.05, 3.63) is 0 Å². The molecule has 0 heterocycles. The summed E-state index contributed by atoms with van der Waals surface area (Å²) in [7, 11) is 0. The Morgan fingerprint density at radius 2 is 1.40 bits per heavy atom. The number of aliphatic hydroxyl groups is 4. The molecular formula is C16H36O4. The second-order valence-electron chi connectivity index (χ2n) is 6.78. The zero-order valence-corrected chi connectivity index (χ0v) is 14.1. The average molecular weight is 292 g/mol. The highest BCUT2D eigenvalue weighted by Crippen LogP contribution is 2.13. The predicted octanol–water partition coefficient (Wildman–Crippen LogP) is 2.47. The van der Waals surface area contributed by atoms with Gasteiger partial charge >= 0.3 is 0 Å². The summed E-state index contributed by atoms with van der Waals surface area (Å²) in [5.41, 5.74) is -0.629. The first-order valence-corrected chi connectivity index (χ1v) is 7.74. The van der Waals surface area contributed by atoms with Crippen LogP contribution in [-0.4, -0.2) is 44.3 Å². The van der Waals surface area contributed by atoms with Crippen LogP contribution >= 0.6 is 0 Å². The van der Waals surface area contributed by atoms with Crippen molar-refractivity contribution in [1.82, 2.24) is 0 Å². The molecule has 0 saturated heterocycles. The fourth-order valence-corrected chi connectivity index (χ4v) is 1.76. The van der Waals surface area contributed by atoms with Gasteiger partial charge in [-0.05, 0) is 58.8 Å². The van der Waals surface area contributed by atoms with E-state index in [4.69, 9.17) is 10.2 Å². The second kappa shape index (κ2) is 11.5. The van der Waals surface area contributed by atoms with E-state index in [1.54, 1.807) is 20.8 Å². The van der Waals surface area contributed by atoms with Crippen LogP contribution in [0.5, 0.6) is 0 Å². The van der Waals surface area contributed by atoms with E-state index in [0.717, 1.165) is 12.8 Å². The van der Waals surface area contributed by atoms with Gasteiger partial charge in [0.05, 0.1) is 23.9 Å². The van der Waals surface area contributed by atoms with Crippen molar-refractivity contribution in [2.24, 2.45) is 5.92 Å². The number of rotatable bonds is 8. The fourth-order valence-electron chi connectivity index (χ4n) is 1.76. The summed E-state index contributed by atoms with van der Waals surface area (Å²) in [4.78, 5) is 0. The highest BCUT2D eigenvalue weighted by molar-refractivity contribution is 4.67. The molecule has 0 aliphatic heterocycles. The molecular weight excluding hydrogens is 256 g/mol. The van der Waals surface area contributed by atoms with Gasteiger partial charge in [0.25, 0.3) is 0 Å². The molecule has 0 bridgehead atoms. The lowest BCUT2D eigenvalue weighted by molar-refractivity contribution is 0.0480. The largest absolute Gasteiger partial charge is 0.393 e. The molecule has 4 heteroatoms. The van der Waals surface area contributed by atoms with E-state index in [1.807, 2.05) is 6.92 Å². The molecule has 4 nitrogen and oxygen atoms in total. The standard InChI is InChI=1S/2C8H18O2/c1-6(2)4-8(10)5-7(3)9;1-4-7(9)5-6-8(2,3)10/h6-10H,4-5H2,1-3H3;7,9-10H,4-6H2,1-3H3. The van der Waals surface area contributed by atoms with Crippen molar-refractivity contribution in [3.63, 3.8) is 0 Å². The highest BCUT2D eigenvalue weighted by atomic mass is 16.3. The number of hydrogen-bond acceptors (Lipinski definition) is 4. The van der Waals surface area contributed by atoms with Gasteiger partial charge in [-0.1, -0.05) is 20.8 Å². The van der Waals surface area contributed by atoms with Crippen molar-refractivity contribution in [3.8, 4) is 0 Å². The molecule has 0 amide bonds. The van der Waals surface area contributed by atoms with E-state index in [-0.39, 0.29) is 18.3 Å². The minimum Gasteiger partial charge on any atom is -0.393 e. The average Bonchev–Trinajstić information content (AvgIpc) is 2.23. The smallest absolute Gasteiger partial charge is 0.0592 e. The SMILES string of the molecule is CC(C)CC(O)CC(C)O.CCC(O)CCC(C)(C)O. The minimum atomic E-state index is -0.629. The quantitative estimate of drug-likeness (QED) is 0.554. The maximum atomic E-state index is 9.25. The maximum absolute atomic E-state index is 9.25. The van der Waals surface area contributed by atoms with Gasteiger partial charge in [0, 0.05) is 0 Å². The summed E-state index contributed by atoms with van der Waals surface area (Å²) in [5.74, 6) is 0.508. The number of hydrogen-bond donors (Lipinski definition) is 4. The van der Waals surface area contributed by atoms with Crippen LogP contribution < -0.4 is 0 Å². The zero-order valence-electron chi connectivity index (χ0n) is 14.1. The highest BCUT2D eigenvalue weighted by Gasteiger charge is 2.13. The maximum Gasteiger partial charge on any atom is 0.0592 e. The summed E-state index contributed by atoms with van der Waals surface area (Å²) < 4.78 is 0. The van der Waals surface area contributed by atoms with Crippen LogP contribution in [0.2, 0.25) is 0 Å². The van der Waals surface area contributed by atoms with Gasteiger partial charge in [-0.25, -0.2) is 0 Å². The molecule has 0 aliphatic rings. The molecule has 0 fully saturated rings. The predicted molar refractivity (Wildman–Crippen MR) is 83.6 cm³/mol. The van der Waals surface area contributed by atoms with E-state index in [9.17, 15) is 10.2 Å². The first kappa shape index (κ1) is 22.1. The van der Waals surface area contributed by atoms with Gasteiger partial charge in [0.15, 0.2) is 0 Å². The molecule has 4 N–H and O–H groups in total. The lowest BCUT2D eigenvalue weighted by Crippen LogP contribution is -2.21. The van der Waals surface area contributed by atoms with Crippen LogP contribution in [-0.2, 0) is 0 Å². The van der Waals surface area contributed by atoms with Crippen LogP contribution in [0.1, 0.15) is 73.6 Å². The third-order valence-electron chi connectivity index (χ3n) is 2.92. The molecule has 3 atom stereocenters. The van der Waals surface area contributed by atoms with Gasteiger partial charge < -0.3 is 20.4 Å². The molecule has 0 aromatic carbocycles. The van der Waals surface area contributed by atoms with E-state index in [1.165, 1.54) is 0 Å². The van der Waals surface area contributed by atoms with Crippen LogP contribution in [0, 0.1) is 5.92 Å². The Labute approximate surface area is 124 Å². The third-order valence-corrected chi connectivity index (χ3v) is 2.92. The normalized spacial score (nSPS) is 16.4. The Hall–Kier alpha value is -0.160. The van der Waals surface area contributed by atoms with Crippen LogP contribution in [0.15, 0.2) is 0 Å². The minimum absolute atomic E-state index is 0.244. The molecule has 0 aromatic rings. The summed E-state index contributed by atoms with van der Waals surface area (Å²) in [6, 6.07) is 0. The van der Waals surface area contributed by atoms with Gasteiger partial charge in [0.1, 0.15) is 0 Å². The van der Waals surface area contributed by atoms with Crippen LogP contribution in [0.4, 0.5) is 0 Å².